The highest BCUT2D eigenvalue weighted by Gasteiger charge is 2.27. The molecule has 2 aromatic rings. The number of tetrazole rings is 1. The van der Waals surface area contributed by atoms with Crippen LogP contribution in [-0.2, 0) is 20.9 Å². The molecule has 0 N–H and O–H groups in total. The predicted molar refractivity (Wildman–Crippen MR) is 87.6 cm³/mol. The predicted octanol–water partition coefficient (Wildman–Crippen LogP) is -0.130. The smallest absolute Gasteiger partial charge is 0.397 e. The van der Waals surface area contributed by atoms with Gasteiger partial charge in [0.2, 0.25) is 0 Å². The van der Waals surface area contributed by atoms with Gasteiger partial charge in [0.1, 0.15) is 0 Å². The summed E-state index contributed by atoms with van der Waals surface area (Å²) in [6, 6.07) is 9.68. The Bertz CT molecular complexity index is 724. The number of carbonyl (C=O) groups is 2. The molecule has 1 amide bonds. The molecule has 0 spiro atoms. The number of aromatic nitrogens is 4. The van der Waals surface area contributed by atoms with Gasteiger partial charge in [-0.1, -0.05) is 18.2 Å². The number of piperazine rings is 1. The van der Waals surface area contributed by atoms with Crippen LogP contribution < -0.4 is 0 Å². The van der Waals surface area contributed by atoms with E-state index in [1.807, 2.05) is 30.3 Å². The molecule has 1 aromatic carbocycles. The Morgan fingerprint density at radius 1 is 1.12 bits per heavy atom. The van der Waals surface area contributed by atoms with Crippen LogP contribution in [0, 0.1) is 0 Å². The van der Waals surface area contributed by atoms with Crippen LogP contribution >= 0.6 is 0 Å². The second-order valence-electron chi connectivity index (χ2n) is 5.63. The summed E-state index contributed by atoms with van der Waals surface area (Å²) in [7, 11) is 0. The van der Waals surface area contributed by atoms with Crippen LogP contribution in [0.4, 0.5) is 0 Å². The van der Waals surface area contributed by atoms with Crippen molar-refractivity contribution < 1.29 is 14.3 Å². The first-order valence-corrected chi connectivity index (χ1v) is 8.20. The number of rotatable bonds is 4. The van der Waals surface area contributed by atoms with Gasteiger partial charge in [-0.25, -0.2) is 4.79 Å². The van der Waals surface area contributed by atoms with Crippen LogP contribution in [-0.4, -0.2) is 74.7 Å². The van der Waals surface area contributed by atoms with E-state index in [4.69, 9.17) is 4.74 Å². The Kier molecular flexibility index (Phi) is 5.34. The molecule has 25 heavy (non-hydrogen) atoms. The van der Waals surface area contributed by atoms with E-state index in [0.717, 1.165) is 11.5 Å². The van der Waals surface area contributed by atoms with Crippen LogP contribution in [0.25, 0.3) is 5.69 Å². The summed E-state index contributed by atoms with van der Waals surface area (Å²) < 4.78 is 6.46. The average molecular weight is 344 g/mol. The van der Waals surface area contributed by atoms with Crippen LogP contribution in [0.15, 0.2) is 30.3 Å². The quantitative estimate of drug-likeness (QED) is 0.563. The molecule has 1 saturated heterocycles. The Labute approximate surface area is 145 Å². The van der Waals surface area contributed by atoms with Gasteiger partial charge in [0.15, 0.2) is 5.82 Å². The van der Waals surface area contributed by atoms with Crippen molar-refractivity contribution in [2.45, 2.75) is 13.5 Å². The van der Waals surface area contributed by atoms with Crippen LogP contribution in [0.2, 0.25) is 0 Å². The van der Waals surface area contributed by atoms with Gasteiger partial charge in [0, 0.05) is 26.2 Å². The van der Waals surface area contributed by atoms with E-state index in [1.54, 1.807) is 11.6 Å². The van der Waals surface area contributed by atoms with Crippen molar-refractivity contribution in [1.82, 2.24) is 30.0 Å². The standard InChI is InChI=1S/C16H20N6O3/c1-2-25-16(24)15(23)21-10-8-20(9-11-21)12-14-17-18-19-22(14)13-6-4-3-5-7-13/h3-7H,2,8-12H2,1H3. The zero-order chi connectivity index (χ0) is 17.6. The molecule has 1 aliphatic rings. The van der Waals surface area contributed by atoms with Gasteiger partial charge in [-0.15, -0.1) is 5.10 Å². The van der Waals surface area contributed by atoms with Gasteiger partial charge in [-0.2, -0.15) is 4.68 Å². The van der Waals surface area contributed by atoms with Crippen molar-refractivity contribution in [3.8, 4) is 5.69 Å². The second kappa shape index (κ2) is 7.84. The number of nitrogens with zero attached hydrogens (tertiary/aromatic N) is 6. The lowest BCUT2D eigenvalue weighted by Gasteiger charge is -2.33. The lowest BCUT2D eigenvalue weighted by molar-refractivity contribution is -0.160. The fourth-order valence-corrected chi connectivity index (χ4v) is 2.71. The highest BCUT2D eigenvalue weighted by molar-refractivity contribution is 6.32. The maximum Gasteiger partial charge on any atom is 0.397 e. The molecule has 0 aliphatic carbocycles. The number of esters is 1. The van der Waals surface area contributed by atoms with Gasteiger partial charge in [-0.05, 0) is 29.5 Å². The van der Waals surface area contributed by atoms with E-state index in [-0.39, 0.29) is 6.61 Å². The molecule has 9 nitrogen and oxygen atoms in total. The van der Waals surface area contributed by atoms with Gasteiger partial charge >= 0.3 is 11.9 Å². The first kappa shape index (κ1) is 17.0. The molecule has 3 rings (SSSR count). The highest BCUT2D eigenvalue weighted by Crippen LogP contribution is 2.11. The molecule has 1 fully saturated rings. The van der Waals surface area contributed by atoms with Crippen molar-refractivity contribution in [2.24, 2.45) is 0 Å². The van der Waals surface area contributed by atoms with E-state index in [0.29, 0.717) is 32.7 Å². The van der Waals surface area contributed by atoms with Gasteiger partial charge < -0.3 is 9.64 Å². The van der Waals surface area contributed by atoms with E-state index in [2.05, 4.69) is 20.4 Å². The number of hydrogen-bond acceptors (Lipinski definition) is 7. The van der Waals surface area contributed by atoms with E-state index < -0.39 is 11.9 Å². The molecule has 2 heterocycles. The van der Waals surface area contributed by atoms with Crippen molar-refractivity contribution in [3.63, 3.8) is 0 Å². The normalized spacial score (nSPS) is 15.2. The van der Waals surface area contributed by atoms with Crippen LogP contribution in [0.3, 0.4) is 0 Å². The fourth-order valence-electron chi connectivity index (χ4n) is 2.71. The lowest BCUT2D eigenvalue weighted by Crippen LogP contribution is -2.50. The average Bonchev–Trinajstić information content (AvgIpc) is 3.11. The summed E-state index contributed by atoms with van der Waals surface area (Å²) in [6.07, 6.45) is 0. The highest BCUT2D eigenvalue weighted by atomic mass is 16.5. The molecule has 1 aliphatic heterocycles. The number of para-hydroxylation sites is 1. The van der Waals surface area contributed by atoms with Crippen molar-refractivity contribution >= 4 is 11.9 Å². The Morgan fingerprint density at radius 2 is 1.84 bits per heavy atom. The monoisotopic (exact) mass is 344 g/mol. The molecule has 9 heteroatoms. The SMILES string of the molecule is CCOC(=O)C(=O)N1CCN(Cc2nnnn2-c2ccccc2)CC1. The topological polar surface area (TPSA) is 93.5 Å². The number of benzene rings is 1. The first-order chi connectivity index (χ1) is 12.2. The number of amides is 1. The molecule has 0 saturated carbocycles. The molecule has 0 unspecified atom stereocenters. The molecule has 0 bridgehead atoms. The molecule has 0 atom stereocenters. The van der Waals surface area contributed by atoms with Crippen molar-refractivity contribution in [3.05, 3.63) is 36.2 Å². The molecular formula is C16H20N6O3. The Balaban J connectivity index is 1.58. The third-order valence-electron chi connectivity index (χ3n) is 4.01. The third kappa shape index (κ3) is 4.00. The molecule has 0 radical (unpaired) electrons. The summed E-state index contributed by atoms with van der Waals surface area (Å²) in [6.45, 7) is 4.70. The fraction of sp³-hybridized carbons (Fsp3) is 0.438. The number of carbonyl (C=O) groups excluding carboxylic acids is 2. The Morgan fingerprint density at radius 3 is 2.52 bits per heavy atom. The first-order valence-electron chi connectivity index (χ1n) is 8.20. The summed E-state index contributed by atoms with van der Waals surface area (Å²) in [5.74, 6) is -0.629. The van der Waals surface area contributed by atoms with Crippen molar-refractivity contribution in [2.75, 3.05) is 32.8 Å². The van der Waals surface area contributed by atoms with Gasteiger partial charge in [0.05, 0.1) is 18.8 Å². The Hall–Kier alpha value is -2.81. The molecule has 1 aromatic heterocycles. The summed E-state index contributed by atoms with van der Waals surface area (Å²) in [5.41, 5.74) is 0.902. The van der Waals surface area contributed by atoms with Gasteiger partial charge in [-0.3, -0.25) is 9.69 Å². The van der Waals surface area contributed by atoms with Gasteiger partial charge in [0.25, 0.3) is 0 Å². The minimum absolute atomic E-state index is 0.201. The summed E-state index contributed by atoms with van der Waals surface area (Å²) in [5, 5.41) is 11.9. The number of hydrogen-bond donors (Lipinski definition) is 0. The summed E-state index contributed by atoms with van der Waals surface area (Å²) in [4.78, 5) is 27.1. The van der Waals surface area contributed by atoms with E-state index >= 15 is 0 Å². The van der Waals surface area contributed by atoms with Crippen LogP contribution in [0.5, 0.6) is 0 Å². The maximum atomic E-state index is 11.9. The van der Waals surface area contributed by atoms with Crippen LogP contribution in [0.1, 0.15) is 12.7 Å². The third-order valence-corrected chi connectivity index (χ3v) is 4.01. The number of ether oxygens (including phenoxy) is 1. The minimum atomic E-state index is -0.788. The molecular weight excluding hydrogens is 324 g/mol. The minimum Gasteiger partial charge on any atom is -0.459 e. The second-order valence-corrected chi connectivity index (χ2v) is 5.63. The summed E-state index contributed by atoms with van der Waals surface area (Å²) >= 11 is 0. The molecule has 132 valence electrons. The van der Waals surface area contributed by atoms with Crippen molar-refractivity contribution in [1.29, 1.82) is 0 Å². The largest absolute Gasteiger partial charge is 0.459 e. The van der Waals surface area contributed by atoms with E-state index in [9.17, 15) is 9.59 Å². The lowest BCUT2D eigenvalue weighted by atomic mass is 10.3. The zero-order valence-electron chi connectivity index (χ0n) is 14.0. The zero-order valence-corrected chi connectivity index (χ0v) is 14.0. The maximum absolute atomic E-state index is 11.9. The van der Waals surface area contributed by atoms with E-state index in [1.165, 1.54) is 4.90 Å².